The number of fused-ring (bicyclic) bond motifs is 1. The van der Waals surface area contributed by atoms with Gasteiger partial charge in [-0.15, -0.1) is 11.3 Å². The fraction of sp³-hybridized carbons (Fsp3) is 0.250. The van der Waals surface area contributed by atoms with E-state index in [9.17, 15) is 4.79 Å². The number of carbonyl (C=O) groups excluding carboxylic acids is 1. The Kier molecular flexibility index (Phi) is 5.80. The molecule has 154 valence electrons. The van der Waals surface area contributed by atoms with Crippen molar-refractivity contribution < 1.29 is 4.79 Å². The summed E-state index contributed by atoms with van der Waals surface area (Å²) < 4.78 is 4.25. The lowest BCUT2D eigenvalue weighted by Gasteiger charge is -2.19. The van der Waals surface area contributed by atoms with Gasteiger partial charge in [-0.05, 0) is 56.7 Å². The van der Waals surface area contributed by atoms with Gasteiger partial charge in [0.15, 0.2) is 0 Å². The average Bonchev–Trinajstić information content (AvgIpc) is 3.24. The van der Waals surface area contributed by atoms with E-state index in [2.05, 4.69) is 81.9 Å². The molecule has 0 aliphatic carbocycles. The van der Waals surface area contributed by atoms with Crippen LogP contribution < -0.4 is 5.32 Å². The molecule has 0 unspecified atom stereocenters. The molecule has 4 aromatic rings. The van der Waals surface area contributed by atoms with Gasteiger partial charge in [-0.2, -0.15) is 0 Å². The van der Waals surface area contributed by atoms with Crippen LogP contribution in [-0.4, -0.2) is 15.5 Å². The minimum absolute atomic E-state index is 0.0912. The molecule has 1 amide bonds. The molecule has 1 aromatic carbocycles. The Bertz CT molecular complexity index is 1170. The van der Waals surface area contributed by atoms with Crippen molar-refractivity contribution in [2.45, 2.75) is 39.3 Å². The highest BCUT2D eigenvalue weighted by Gasteiger charge is 2.19. The van der Waals surface area contributed by atoms with Crippen LogP contribution in [0.5, 0.6) is 0 Å². The van der Waals surface area contributed by atoms with Crippen molar-refractivity contribution >= 4 is 43.4 Å². The van der Waals surface area contributed by atoms with E-state index >= 15 is 0 Å². The summed E-state index contributed by atoms with van der Waals surface area (Å²) in [6.07, 6.45) is 1.74. The number of nitrogens with one attached hydrogen (secondary N) is 1. The fourth-order valence-corrected chi connectivity index (χ4v) is 4.99. The van der Waals surface area contributed by atoms with E-state index in [1.807, 2.05) is 24.3 Å². The van der Waals surface area contributed by atoms with Crippen molar-refractivity contribution in [2.75, 3.05) is 0 Å². The van der Waals surface area contributed by atoms with Crippen LogP contribution in [0.4, 0.5) is 0 Å². The molecule has 0 spiro atoms. The van der Waals surface area contributed by atoms with Gasteiger partial charge in [0.05, 0.1) is 26.2 Å². The molecule has 0 fully saturated rings. The Morgan fingerprint density at radius 3 is 2.57 bits per heavy atom. The van der Waals surface area contributed by atoms with Crippen LogP contribution in [-0.2, 0) is 18.5 Å². The van der Waals surface area contributed by atoms with Gasteiger partial charge in [-0.1, -0.05) is 51.1 Å². The highest BCUT2D eigenvalue weighted by atomic mass is 79.9. The maximum absolute atomic E-state index is 13.0. The SMILES string of the molecule is CC(C)(C)c1ccc(Cn2c(C(=O)NCc3ccccn3)cc3sc(Br)cc32)cc1. The molecule has 3 aromatic heterocycles. The second-order valence-electron chi connectivity index (χ2n) is 8.37. The number of rotatable bonds is 5. The molecule has 0 aliphatic heterocycles. The first kappa shape index (κ1) is 20.8. The zero-order chi connectivity index (χ0) is 21.3. The molecule has 0 bridgehead atoms. The molecule has 4 nitrogen and oxygen atoms in total. The van der Waals surface area contributed by atoms with Gasteiger partial charge in [0.1, 0.15) is 5.69 Å². The number of aromatic nitrogens is 2. The largest absolute Gasteiger partial charge is 0.345 e. The average molecular weight is 482 g/mol. The Balaban J connectivity index is 1.62. The summed E-state index contributed by atoms with van der Waals surface area (Å²) in [5, 5.41) is 3.01. The van der Waals surface area contributed by atoms with Crippen LogP contribution in [0.25, 0.3) is 10.2 Å². The molecule has 1 N–H and O–H groups in total. The van der Waals surface area contributed by atoms with Crippen LogP contribution in [0.15, 0.2) is 64.6 Å². The van der Waals surface area contributed by atoms with Gasteiger partial charge in [-0.25, -0.2) is 0 Å². The molecule has 0 aliphatic rings. The van der Waals surface area contributed by atoms with Gasteiger partial charge in [0, 0.05) is 12.7 Å². The van der Waals surface area contributed by atoms with Crippen LogP contribution in [0.1, 0.15) is 48.1 Å². The predicted molar refractivity (Wildman–Crippen MR) is 127 cm³/mol. The van der Waals surface area contributed by atoms with Gasteiger partial charge < -0.3 is 9.88 Å². The first-order valence-electron chi connectivity index (χ1n) is 9.87. The Labute approximate surface area is 189 Å². The zero-order valence-electron chi connectivity index (χ0n) is 17.3. The number of benzene rings is 1. The highest BCUT2D eigenvalue weighted by Crippen LogP contribution is 2.33. The van der Waals surface area contributed by atoms with Crippen LogP contribution in [0.2, 0.25) is 0 Å². The van der Waals surface area contributed by atoms with E-state index in [0.29, 0.717) is 18.8 Å². The monoisotopic (exact) mass is 481 g/mol. The second-order valence-corrected chi connectivity index (χ2v) is 10.8. The van der Waals surface area contributed by atoms with E-state index < -0.39 is 0 Å². The topological polar surface area (TPSA) is 46.9 Å². The lowest BCUT2D eigenvalue weighted by atomic mass is 9.87. The summed E-state index contributed by atoms with van der Waals surface area (Å²) in [5.74, 6) is -0.0912. The van der Waals surface area contributed by atoms with E-state index in [0.717, 1.165) is 19.7 Å². The molecule has 0 saturated heterocycles. The van der Waals surface area contributed by atoms with Crippen molar-refractivity contribution in [3.63, 3.8) is 0 Å². The van der Waals surface area contributed by atoms with Crippen molar-refractivity contribution in [1.29, 1.82) is 0 Å². The minimum Gasteiger partial charge on any atom is -0.345 e. The predicted octanol–water partition coefficient (Wildman–Crippen LogP) is 6.14. The van der Waals surface area contributed by atoms with E-state index in [-0.39, 0.29) is 11.3 Å². The van der Waals surface area contributed by atoms with Crippen molar-refractivity contribution in [1.82, 2.24) is 14.9 Å². The molecule has 3 heterocycles. The van der Waals surface area contributed by atoms with Gasteiger partial charge >= 0.3 is 0 Å². The van der Waals surface area contributed by atoms with Gasteiger partial charge in [0.25, 0.3) is 5.91 Å². The number of pyridine rings is 1. The first-order valence-corrected chi connectivity index (χ1v) is 11.5. The van der Waals surface area contributed by atoms with Crippen molar-refractivity contribution in [3.05, 3.63) is 87.1 Å². The molecule has 30 heavy (non-hydrogen) atoms. The number of hydrogen-bond donors (Lipinski definition) is 1. The molecule has 6 heteroatoms. The summed E-state index contributed by atoms with van der Waals surface area (Å²) in [6.45, 7) is 7.69. The van der Waals surface area contributed by atoms with Crippen LogP contribution in [0, 0.1) is 0 Å². The highest BCUT2D eigenvalue weighted by molar-refractivity contribution is 9.11. The Morgan fingerprint density at radius 2 is 1.90 bits per heavy atom. The number of thiophene rings is 1. The van der Waals surface area contributed by atoms with Crippen molar-refractivity contribution in [2.24, 2.45) is 0 Å². The summed E-state index contributed by atoms with van der Waals surface area (Å²) in [6, 6.07) is 18.4. The second kappa shape index (κ2) is 8.36. The normalized spacial score (nSPS) is 11.7. The number of nitrogens with zero attached hydrogens (tertiary/aromatic N) is 2. The Morgan fingerprint density at radius 1 is 1.13 bits per heavy atom. The Hall–Kier alpha value is -2.44. The van der Waals surface area contributed by atoms with Crippen LogP contribution >= 0.6 is 27.3 Å². The molecule has 0 saturated carbocycles. The smallest absolute Gasteiger partial charge is 0.268 e. The quantitative estimate of drug-likeness (QED) is 0.372. The molecule has 4 rings (SSSR count). The lowest BCUT2D eigenvalue weighted by molar-refractivity contribution is 0.0942. The standard InChI is InChI=1S/C24H24BrN3OS/c1-24(2,3)17-9-7-16(8-10-17)15-28-19-13-22(25)30-21(19)12-20(28)23(29)27-14-18-6-4-5-11-26-18/h4-13H,14-15H2,1-3H3,(H,27,29). The van der Waals surface area contributed by atoms with Gasteiger partial charge in [-0.3, -0.25) is 9.78 Å². The van der Waals surface area contributed by atoms with E-state index in [1.54, 1.807) is 17.5 Å². The maximum atomic E-state index is 13.0. The number of halogens is 1. The summed E-state index contributed by atoms with van der Waals surface area (Å²) in [7, 11) is 0. The lowest BCUT2D eigenvalue weighted by Crippen LogP contribution is -2.26. The summed E-state index contributed by atoms with van der Waals surface area (Å²) >= 11 is 5.21. The zero-order valence-corrected chi connectivity index (χ0v) is 19.7. The molecule has 0 radical (unpaired) electrons. The molecular formula is C24H24BrN3OS. The van der Waals surface area contributed by atoms with Gasteiger partial charge in [0.2, 0.25) is 0 Å². The third kappa shape index (κ3) is 4.50. The van der Waals surface area contributed by atoms with E-state index in [4.69, 9.17) is 0 Å². The minimum atomic E-state index is -0.0912. The van der Waals surface area contributed by atoms with Crippen LogP contribution in [0.3, 0.4) is 0 Å². The number of carbonyl (C=O) groups is 1. The fourth-order valence-electron chi connectivity index (χ4n) is 3.43. The molecule has 0 atom stereocenters. The third-order valence-corrected chi connectivity index (χ3v) is 6.68. The van der Waals surface area contributed by atoms with Crippen molar-refractivity contribution in [3.8, 4) is 0 Å². The maximum Gasteiger partial charge on any atom is 0.268 e. The molecular weight excluding hydrogens is 458 g/mol. The summed E-state index contributed by atoms with van der Waals surface area (Å²) in [4.78, 5) is 17.3. The summed E-state index contributed by atoms with van der Waals surface area (Å²) in [5.41, 5.74) is 5.16. The first-order chi connectivity index (χ1) is 14.3. The third-order valence-electron chi connectivity index (χ3n) is 5.11. The van der Waals surface area contributed by atoms with E-state index in [1.165, 1.54) is 11.1 Å². The number of hydrogen-bond acceptors (Lipinski definition) is 3. The number of amides is 1.